The number of sulfone groups is 1. The second-order valence-electron chi connectivity index (χ2n) is 7.67. The molecule has 0 unspecified atom stereocenters. The minimum Gasteiger partial charge on any atom is -0.319 e. The topological polar surface area (TPSA) is 81.1 Å². The molecule has 26 heavy (non-hydrogen) atoms. The van der Waals surface area contributed by atoms with Crippen molar-refractivity contribution in [1.29, 1.82) is 0 Å². The van der Waals surface area contributed by atoms with Gasteiger partial charge in [-0.1, -0.05) is 19.1 Å². The highest BCUT2D eigenvalue weighted by atomic mass is 32.2. The number of hydrogen-bond acceptors (Lipinski definition) is 4. The molecule has 1 amide bonds. The van der Waals surface area contributed by atoms with E-state index in [2.05, 4.69) is 31.2 Å². The van der Waals surface area contributed by atoms with Crippen molar-refractivity contribution in [2.24, 2.45) is 0 Å². The van der Waals surface area contributed by atoms with Crippen LogP contribution >= 0.6 is 0 Å². The summed E-state index contributed by atoms with van der Waals surface area (Å²) in [5.41, 5.74) is 1.44. The summed E-state index contributed by atoms with van der Waals surface area (Å²) in [5, 5.41) is 7.23. The molecule has 0 atom stereocenters. The third-order valence-electron chi connectivity index (χ3n) is 4.45. The molecule has 6 nitrogen and oxygen atoms in total. The standard InChI is InChI=1S/C19H25N3O3S/c1-5-26(24,25)17-9-7-6-8-14(17)20-18(23)15-12-16(13-10-11-13)22(21-15)19(2,3)4/h6-9,12-13H,5,10-11H2,1-4H3,(H,20,23). The number of rotatable bonds is 5. The molecule has 0 aliphatic heterocycles. The molecular formula is C19H25N3O3S. The number of nitrogens with zero attached hydrogens (tertiary/aromatic N) is 2. The van der Waals surface area contributed by atoms with E-state index in [1.807, 2.05) is 10.7 Å². The average molecular weight is 375 g/mol. The lowest BCUT2D eigenvalue weighted by Gasteiger charge is -2.22. The first-order valence-electron chi connectivity index (χ1n) is 8.87. The van der Waals surface area contributed by atoms with E-state index < -0.39 is 15.7 Å². The summed E-state index contributed by atoms with van der Waals surface area (Å²) in [4.78, 5) is 12.9. The summed E-state index contributed by atoms with van der Waals surface area (Å²) in [7, 11) is -3.43. The first-order valence-corrected chi connectivity index (χ1v) is 10.5. The molecular weight excluding hydrogens is 350 g/mol. The summed E-state index contributed by atoms with van der Waals surface area (Å²) >= 11 is 0. The molecule has 0 bridgehead atoms. The van der Waals surface area contributed by atoms with Crippen molar-refractivity contribution in [3.05, 3.63) is 41.7 Å². The minimum atomic E-state index is -3.43. The van der Waals surface area contributed by atoms with Crippen LogP contribution in [0.5, 0.6) is 0 Å². The molecule has 0 spiro atoms. The van der Waals surface area contributed by atoms with Gasteiger partial charge in [0.05, 0.1) is 21.9 Å². The number of para-hydroxylation sites is 1. The number of amides is 1. The van der Waals surface area contributed by atoms with E-state index in [0.29, 0.717) is 11.6 Å². The maximum Gasteiger partial charge on any atom is 0.276 e. The summed E-state index contributed by atoms with van der Waals surface area (Å²) in [6, 6.07) is 8.29. The summed E-state index contributed by atoms with van der Waals surface area (Å²) in [5.74, 6) is 0.0364. The van der Waals surface area contributed by atoms with Crippen LogP contribution < -0.4 is 5.32 Å². The van der Waals surface area contributed by atoms with Crippen molar-refractivity contribution in [2.75, 3.05) is 11.1 Å². The van der Waals surface area contributed by atoms with Crippen LogP contribution in [0.4, 0.5) is 5.69 Å². The predicted molar refractivity (Wildman–Crippen MR) is 101 cm³/mol. The zero-order valence-corrected chi connectivity index (χ0v) is 16.4. The normalized spacial score (nSPS) is 15.1. The maximum absolute atomic E-state index is 12.7. The van der Waals surface area contributed by atoms with Crippen LogP contribution in [0.2, 0.25) is 0 Å². The summed E-state index contributed by atoms with van der Waals surface area (Å²) in [6.07, 6.45) is 2.22. The number of carbonyl (C=O) groups excluding carboxylic acids is 1. The third-order valence-corrected chi connectivity index (χ3v) is 6.24. The Morgan fingerprint density at radius 3 is 2.50 bits per heavy atom. The molecule has 1 aromatic carbocycles. The van der Waals surface area contributed by atoms with Crippen molar-refractivity contribution in [2.45, 2.75) is 56.9 Å². The lowest BCUT2D eigenvalue weighted by Crippen LogP contribution is -2.26. The van der Waals surface area contributed by atoms with Gasteiger partial charge in [0.25, 0.3) is 5.91 Å². The van der Waals surface area contributed by atoms with Crippen LogP contribution in [-0.2, 0) is 15.4 Å². The smallest absolute Gasteiger partial charge is 0.276 e. The number of benzene rings is 1. The average Bonchev–Trinajstić information content (AvgIpc) is 3.31. The van der Waals surface area contributed by atoms with Gasteiger partial charge in [0.2, 0.25) is 0 Å². The Morgan fingerprint density at radius 2 is 1.92 bits per heavy atom. The molecule has 3 rings (SSSR count). The zero-order chi connectivity index (χ0) is 19.1. The van der Waals surface area contributed by atoms with Crippen molar-refractivity contribution in [3.63, 3.8) is 0 Å². The van der Waals surface area contributed by atoms with Crippen molar-refractivity contribution in [3.8, 4) is 0 Å². The van der Waals surface area contributed by atoms with Gasteiger partial charge < -0.3 is 5.32 Å². The molecule has 1 heterocycles. The predicted octanol–water partition coefficient (Wildman–Crippen LogP) is 3.56. The third kappa shape index (κ3) is 3.67. The first kappa shape index (κ1) is 18.6. The molecule has 1 saturated carbocycles. The van der Waals surface area contributed by atoms with Gasteiger partial charge in [-0.15, -0.1) is 0 Å². The number of carbonyl (C=O) groups is 1. The number of aromatic nitrogens is 2. The van der Waals surface area contributed by atoms with Crippen molar-refractivity contribution < 1.29 is 13.2 Å². The molecule has 0 radical (unpaired) electrons. The van der Waals surface area contributed by atoms with Gasteiger partial charge >= 0.3 is 0 Å². The lowest BCUT2D eigenvalue weighted by atomic mass is 10.1. The Morgan fingerprint density at radius 1 is 1.27 bits per heavy atom. The lowest BCUT2D eigenvalue weighted by molar-refractivity contribution is 0.102. The second-order valence-corrected chi connectivity index (χ2v) is 9.91. The molecule has 1 N–H and O–H groups in total. The van der Waals surface area contributed by atoms with E-state index in [0.717, 1.165) is 18.5 Å². The highest BCUT2D eigenvalue weighted by molar-refractivity contribution is 7.91. The second kappa shape index (κ2) is 6.54. The SMILES string of the molecule is CCS(=O)(=O)c1ccccc1NC(=O)c1cc(C2CC2)n(C(C)(C)C)n1. The molecule has 7 heteroatoms. The number of nitrogens with one attached hydrogen (secondary N) is 1. The van der Waals surface area contributed by atoms with Crippen LogP contribution in [0.3, 0.4) is 0 Å². The van der Waals surface area contributed by atoms with Gasteiger partial charge in [-0.05, 0) is 51.8 Å². The molecule has 1 aliphatic rings. The highest BCUT2D eigenvalue weighted by Gasteiger charge is 2.32. The Hall–Kier alpha value is -2.15. The van der Waals surface area contributed by atoms with Crippen molar-refractivity contribution in [1.82, 2.24) is 9.78 Å². The van der Waals surface area contributed by atoms with E-state index in [9.17, 15) is 13.2 Å². The van der Waals surface area contributed by atoms with E-state index in [1.54, 1.807) is 25.1 Å². The number of hydrogen-bond donors (Lipinski definition) is 1. The molecule has 1 aliphatic carbocycles. The maximum atomic E-state index is 12.7. The molecule has 1 fully saturated rings. The fraction of sp³-hybridized carbons (Fsp3) is 0.474. The molecule has 2 aromatic rings. The van der Waals surface area contributed by atoms with E-state index in [4.69, 9.17) is 0 Å². The molecule has 140 valence electrons. The number of anilines is 1. The van der Waals surface area contributed by atoms with Crippen LogP contribution in [0, 0.1) is 0 Å². The Balaban J connectivity index is 1.93. The van der Waals surface area contributed by atoms with Gasteiger partial charge in [0.1, 0.15) is 0 Å². The van der Waals surface area contributed by atoms with Crippen LogP contribution in [-0.4, -0.2) is 29.9 Å². The van der Waals surface area contributed by atoms with Gasteiger partial charge in [-0.2, -0.15) is 5.10 Å². The van der Waals surface area contributed by atoms with Gasteiger partial charge in [-0.3, -0.25) is 9.48 Å². The van der Waals surface area contributed by atoms with Crippen LogP contribution in [0.25, 0.3) is 0 Å². The monoisotopic (exact) mass is 375 g/mol. The van der Waals surface area contributed by atoms with E-state index >= 15 is 0 Å². The van der Waals surface area contributed by atoms with Crippen LogP contribution in [0.15, 0.2) is 35.2 Å². The van der Waals surface area contributed by atoms with Gasteiger partial charge in [-0.25, -0.2) is 8.42 Å². The highest BCUT2D eigenvalue weighted by Crippen LogP contribution is 2.41. The summed E-state index contributed by atoms with van der Waals surface area (Å²) in [6.45, 7) is 7.74. The Bertz CT molecular complexity index is 935. The van der Waals surface area contributed by atoms with Gasteiger partial charge in [0.15, 0.2) is 15.5 Å². The summed E-state index contributed by atoms with van der Waals surface area (Å²) < 4.78 is 26.4. The quantitative estimate of drug-likeness (QED) is 0.866. The van der Waals surface area contributed by atoms with Gasteiger partial charge in [0, 0.05) is 11.6 Å². The largest absolute Gasteiger partial charge is 0.319 e. The zero-order valence-electron chi connectivity index (χ0n) is 15.6. The van der Waals surface area contributed by atoms with Crippen LogP contribution in [0.1, 0.15) is 62.6 Å². The minimum absolute atomic E-state index is 0.0234. The van der Waals surface area contributed by atoms with E-state index in [-0.39, 0.29) is 21.9 Å². The fourth-order valence-electron chi connectivity index (χ4n) is 2.90. The Kier molecular flexibility index (Phi) is 4.69. The van der Waals surface area contributed by atoms with E-state index in [1.165, 1.54) is 6.07 Å². The first-order chi connectivity index (χ1) is 12.1. The molecule has 1 aromatic heterocycles. The fourth-order valence-corrected chi connectivity index (χ4v) is 3.95. The molecule has 0 saturated heterocycles. The van der Waals surface area contributed by atoms with Crippen molar-refractivity contribution >= 4 is 21.4 Å². The Labute approximate surface area is 154 Å².